The maximum atomic E-state index is 14.6. The fraction of sp³-hybridized carbons (Fsp3) is 0.522. The fourth-order valence-corrected chi connectivity index (χ4v) is 5.67. The second kappa shape index (κ2) is 11.3. The smallest absolute Gasteiger partial charge is 0.226 e. The fourth-order valence-electron chi connectivity index (χ4n) is 4.84. The molecule has 1 aromatic heterocycles. The summed E-state index contributed by atoms with van der Waals surface area (Å²) in [5.74, 6) is -1.56. The lowest BCUT2D eigenvalue weighted by Crippen LogP contribution is -2.49. The molecule has 1 atom stereocenters. The minimum absolute atomic E-state index is 0. The molecule has 2 fully saturated rings. The number of carbonyl (C=O) groups is 1. The Balaban J connectivity index is 0.00000342. The van der Waals surface area contributed by atoms with E-state index in [2.05, 4.69) is 14.9 Å². The van der Waals surface area contributed by atoms with Crippen molar-refractivity contribution in [1.82, 2.24) is 14.9 Å². The molecule has 0 N–H and O–H groups in total. The summed E-state index contributed by atoms with van der Waals surface area (Å²) in [6.07, 6.45) is 7.83. The molecule has 2 aromatic rings. The van der Waals surface area contributed by atoms with Crippen LogP contribution in [0, 0.1) is 17.6 Å². The van der Waals surface area contributed by atoms with Crippen molar-refractivity contribution in [1.29, 1.82) is 0 Å². The predicted molar refractivity (Wildman–Crippen MR) is 132 cm³/mol. The van der Waals surface area contributed by atoms with Crippen LogP contribution in [0.25, 0.3) is 0 Å². The number of anilines is 1. The summed E-state index contributed by atoms with van der Waals surface area (Å²) in [5.41, 5.74) is 0.0289. The Kier molecular flexibility index (Phi) is 8.93. The number of hydrogen-bond acceptors (Lipinski definition) is 6. The number of hydrogen-bond donors (Lipinski definition) is 0. The number of benzene rings is 1. The third-order valence-corrected chi connectivity index (χ3v) is 7.94. The molecule has 12 heteroatoms. The van der Waals surface area contributed by atoms with Gasteiger partial charge in [0.15, 0.2) is 9.84 Å². The van der Waals surface area contributed by atoms with E-state index in [0.29, 0.717) is 24.2 Å². The number of aromatic nitrogens is 2. The second-order valence-electron chi connectivity index (χ2n) is 8.99. The Morgan fingerprint density at radius 1 is 1.03 bits per heavy atom. The molecular formula is C23H28Cl2F2N4O3S. The van der Waals surface area contributed by atoms with Crippen LogP contribution in [0.1, 0.15) is 37.7 Å². The van der Waals surface area contributed by atoms with Gasteiger partial charge in [-0.05, 0) is 49.8 Å². The summed E-state index contributed by atoms with van der Waals surface area (Å²) in [7, 11) is -3.88. The van der Waals surface area contributed by atoms with E-state index < -0.39 is 32.3 Å². The first-order valence-corrected chi connectivity index (χ1v) is 13.6. The van der Waals surface area contributed by atoms with Crippen LogP contribution in [-0.4, -0.2) is 61.1 Å². The maximum Gasteiger partial charge on any atom is 0.226 e. The minimum Gasteiger partial charge on any atom is -0.355 e. The largest absolute Gasteiger partial charge is 0.355 e. The van der Waals surface area contributed by atoms with Crippen molar-refractivity contribution in [3.63, 3.8) is 0 Å². The SMILES string of the molecule is CS(=O)(=O)c1cc(F)c(C[C@H]2CCCCN(C3CCN(c4cnc(Cl)cn4)CC3)C2=O)cc1F.Cl. The van der Waals surface area contributed by atoms with Gasteiger partial charge in [-0.1, -0.05) is 18.0 Å². The summed E-state index contributed by atoms with van der Waals surface area (Å²) >= 11 is 5.82. The Morgan fingerprint density at radius 2 is 1.74 bits per heavy atom. The van der Waals surface area contributed by atoms with Gasteiger partial charge in [-0.2, -0.15) is 0 Å². The summed E-state index contributed by atoms with van der Waals surface area (Å²) in [5, 5.41) is 0.335. The van der Waals surface area contributed by atoms with Gasteiger partial charge in [0, 0.05) is 37.8 Å². The average molecular weight is 549 g/mol. The molecule has 2 saturated heterocycles. The van der Waals surface area contributed by atoms with E-state index in [1.54, 1.807) is 6.20 Å². The molecule has 0 spiro atoms. The van der Waals surface area contributed by atoms with Gasteiger partial charge in [0.25, 0.3) is 0 Å². The highest BCUT2D eigenvalue weighted by atomic mass is 35.5. The summed E-state index contributed by atoms with van der Waals surface area (Å²) < 4.78 is 52.3. The molecule has 4 rings (SSSR count). The van der Waals surface area contributed by atoms with Gasteiger partial charge in [0.05, 0.1) is 12.4 Å². The normalized spacial score (nSPS) is 19.9. The van der Waals surface area contributed by atoms with Crippen molar-refractivity contribution in [3.05, 3.63) is 46.9 Å². The average Bonchev–Trinajstić information content (AvgIpc) is 2.97. The van der Waals surface area contributed by atoms with E-state index in [4.69, 9.17) is 11.6 Å². The number of rotatable bonds is 5. The maximum absolute atomic E-state index is 14.6. The molecule has 192 valence electrons. The van der Waals surface area contributed by atoms with Crippen molar-refractivity contribution in [2.45, 2.75) is 49.5 Å². The van der Waals surface area contributed by atoms with Crippen molar-refractivity contribution >= 4 is 45.6 Å². The number of nitrogens with zero attached hydrogens (tertiary/aromatic N) is 4. The number of piperidine rings is 1. The zero-order valence-electron chi connectivity index (χ0n) is 19.3. The van der Waals surface area contributed by atoms with E-state index in [0.717, 1.165) is 56.9 Å². The standard InChI is InChI=1S/C23H27ClF2N4O3S.ClH/c1-34(32,33)20-12-18(25)16(11-19(20)26)10-15-4-2-3-7-30(23(15)31)17-5-8-29(9-6-17)22-14-27-21(24)13-28-22;/h11-15,17H,2-10H2,1H3;1H/t15-;/m1./s1. The Labute approximate surface area is 215 Å². The Hall–Kier alpha value is -2.04. The molecule has 0 radical (unpaired) electrons. The molecule has 2 aliphatic rings. The highest BCUT2D eigenvalue weighted by molar-refractivity contribution is 7.90. The van der Waals surface area contributed by atoms with Crippen molar-refractivity contribution in [3.8, 4) is 0 Å². The minimum atomic E-state index is -3.88. The highest BCUT2D eigenvalue weighted by Crippen LogP contribution is 2.29. The van der Waals surface area contributed by atoms with E-state index >= 15 is 0 Å². The number of amides is 1. The quantitative estimate of drug-likeness (QED) is 0.559. The topological polar surface area (TPSA) is 83.5 Å². The van der Waals surface area contributed by atoms with Gasteiger partial charge < -0.3 is 9.80 Å². The molecule has 0 bridgehead atoms. The van der Waals surface area contributed by atoms with Crippen molar-refractivity contribution in [2.75, 3.05) is 30.8 Å². The second-order valence-corrected chi connectivity index (χ2v) is 11.4. The first-order valence-electron chi connectivity index (χ1n) is 11.3. The summed E-state index contributed by atoms with van der Waals surface area (Å²) in [4.78, 5) is 25.2. The lowest BCUT2D eigenvalue weighted by atomic mass is 9.93. The first kappa shape index (κ1) is 27.5. The number of carbonyl (C=O) groups excluding carboxylic acids is 1. The van der Waals surface area contributed by atoms with Crippen molar-refractivity contribution < 1.29 is 22.0 Å². The van der Waals surface area contributed by atoms with Gasteiger partial charge in [0.1, 0.15) is 27.5 Å². The Bertz CT molecular complexity index is 1160. The van der Waals surface area contributed by atoms with Crippen LogP contribution in [0.3, 0.4) is 0 Å². The molecule has 0 unspecified atom stereocenters. The van der Waals surface area contributed by atoms with Crippen LogP contribution in [-0.2, 0) is 21.1 Å². The molecule has 7 nitrogen and oxygen atoms in total. The van der Waals surface area contributed by atoms with Gasteiger partial charge in [-0.3, -0.25) is 4.79 Å². The zero-order chi connectivity index (χ0) is 24.5. The molecule has 2 aliphatic heterocycles. The molecule has 3 heterocycles. The van der Waals surface area contributed by atoms with E-state index in [9.17, 15) is 22.0 Å². The summed E-state index contributed by atoms with van der Waals surface area (Å²) in [6.45, 7) is 2.09. The number of sulfone groups is 1. The zero-order valence-corrected chi connectivity index (χ0v) is 21.7. The highest BCUT2D eigenvalue weighted by Gasteiger charge is 2.34. The van der Waals surface area contributed by atoms with Crippen molar-refractivity contribution in [2.24, 2.45) is 5.92 Å². The third kappa shape index (κ3) is 6.40. The van der Waals surface area contributed by atoms with Crippen LogP contribution in [0.5, 0.6) is 0 Å². The molecule has 35 heavy (non-hydrogen) atoms. The monoisotopic (exact) mass is 548 g/mol. The van der Waals surface area contributed by atoms with Crippen LogP contribution in [0.15, 0.2) is 29.4 Å². The molecule has 0 saturated carbocycles. The predicted octanol–water partition coefficient (Wildman–Crippen LogP) is 4.07. The number of halogens is 4. The van der Waals surface area contributed by atoms with Gasteiger partial charge >= 0.3 is 0 Å². The van der Waals surface area contributed by atoms with E-state index in [1.807, 2.05) is 4.90 Å². The number of likely N-dealkylation sites (tertiary alicyclic amines) is 1. The van der Waals surface area contributed by atoms with Gasteiger partial charge in [-0.25, -0.2) is 27.2 Å². The Morgan fingerprint density at radius 3 is 2.37 bits per heavy atom. The third-order valence-electron chi connectivity index (χ3n) is 6.64. The molecule has 0 aliphatic carbocycles. The lowest BCUT2D eigenvalue weighted by Gasteiger charge is -2.39. The first-order chi connectivity index (χ1) is 16.1. The summed E-state index contributed by atoms with van der Waals surface area (Å²) in [6, 6.07) is 1.70. The lowest BCUT2D eigenvalue weighted by molar-refractivity contribution is -0.137. The molecule has 1 aromatic carbocycles. The van der Waals surface area contributed by atoms with E-state index in [-0.39, 0.29) is 36.3 Å². The van der Waals surface area contributed by atoms with Crippen LogP contribution < -0.4 is 4.90 Å². The van der Waals surface area contributed by atoms with Gasteiger partial charge in [-0.15, -0.1) is 12.4 Å². The van der Waals surface area contributed by atoms with E-state index in [1.165, 1.54) is 6.20 Å². The van der Waals surface area contributed by atoms with Crippen LogP contribution in [0.2, 0.25) is 5.15 Å². The molecular weight excluding hydrogens is 521 g/mol. The van der Waals surface area contributed by atoms with Gasteiger partial charge in [0.2, 0.25) is 5.91 Å². The molecule has 1 amide bonds. The van der Waals surface area contributed by atoms with Crippen LogP contribution in [0.4, 0.5) is 14.6 Å². The van der Waals surface area contributed by atoms with Crippen LogP contribution >= 0.6 is 24.0 Å².